The van der Waals surface area contributed by atoms with E-state index < -0.39 is 5.91 Å². The summed E-state index contributed by atoms with van der Waals surface area (Å²) in [6, 6.07) is 14.8. The van der Waals surface area contributed by atoms with Crippen molar-refractivity contribution in [3.8, 4) is 5.75 Å². The third kappa shape index (κ3) is 6.02. The zero-order valence-electron chi connectivity index (χ0n) is 19.6. The first-order chi connectivity index (χ1) is 16.9. The van der Waals surface area contributed by atoms with E-state index in [0.717, 1.165) is 35.3 Å². The van der Waals surface area contributed by atoms with E-state index in [2.05, 4.69) is 20.8 Å². The lowest BCUT2D eigenvalue weighted by molar-refractivity contribution is -0.126. The van der Waals surface area contributed by atoms with Crippen molar-refractivity contribution in [2.75, 3.05) is 25.5 Å². The third-order valence-electron chi connectivity index (χ3n) is 5.94. The summed E-state index contributed by atoms with van der Waals surface area (Å²) in [4.78, 5) is 39.9. The monoisotopic (exact) mass is 493 g/mol. The van der Waals surface area contributed by atoms with Crippen LogP contribution in [0.4, 0.5) is 5.69 Å². The van der Waals surface area contributed by atoms with Crippen molar-refractivity contribution in [1.82, 2.24) is 20.4 Å². The smallest absolute Gasteiger partial charge is 0.286 e. The maximum absolute atomic E-state index is 13.0. The van der Waals surface area contributed by atoms with Gasteiger partial charge in [-0.3, -0.25) is 14.4 Å². The van der Waals surface area contributed by atoms with Crippen molar-refractivity contribution in [2.45, 2.75) is 26.3 Å². The number of methoxy groups -OCH3 is 1. The Morgan fingerprint density at radius 2 is 1.83 bits per heavy atom. The summed E-state index contributed by atoms with van der Waals surface area (Å²) in [6.45, 7) is 3.31. The molecule has 1 aliphatic heterocycles. The Morgan fingerprint density at radius 1 is 1.09 bits per heavy atom. The van der Waals surface area contributed by atoms with Crippen LogP contribution in [0.15, 0.2) is 48.5 Å². The fourth-order valence-electron chi connectivity index (χ4n) is 3.91. The number of nitrogens with zero attached hydrogens (tertiary/aromatic N) is 3. The summed E-state index contributed by atoms with van der Waals surface area (Å²) in [5.41, 5.74) is 2.77. The van der Waals surface area contributed by atoms with Crippen LogP contribution in [-0.2, 0) is 11.3 Å². The fraction of sp³-hybridized carbons (Fsp3) is 0.320. The van der Waals surface area contributed by atoms with Crippen molar-refractivity contribution in [1.29, 1.82) is 0 Å². The molecule has 0 spiro atoms. The predicted octanol–water partition coefficient (Wildman–Crippen LogP) is 3.28. The molecular formula is C25H27N5O4S. The molecule has 1 aromatic heterocycles. The van der Waals surface area contributed by atoms with Crippen molar-refractivity contribution < 1.29 is 19.1 Å². The molecule has 182 valence electrons. The highest BCUT2D eigenvalue weighted by atomic mass is 32.1. The predicted molar refractivity (Wildman–Crippen MR) is 133 cm³/mol. The van der Waals surface area contributed by atoms with E-state index in [1.54, 1.807) is 36.3 Å². The molecule has 4 rings (SSSR count). The number of benzene rings is 2. The van der Waals surface area contributed by atoms with Crippen molar-refractivity contribution in [3.63, 3.8) is 0 Å². The molecule has 0 unspecified atom stereocenters. The second kappa shape index (κ2) is 11.1. The molecule has 1 saturated heterocycles. The third-order valence-corrected chi connectivity index (χ3v) is 6.85. The van der Waals surface area contributed by atoms with Gasteiger partial charge in [0.25, 0.3) is 11.8 Å². The van der Waals surface area contributed by atoms with Crippen molar-refractivity contribution >= 4 is 34.7 Å². The molecule has 2 N–H and O–H groups in total. The van der Waals surface area contributed by atoms with E-state index in [9.17, 15) is 14.4 Å². The van der Waals surface area contributed by atoms with E-state index in [4.69, 9.17) is 4.74 Å². The molecule has 0 saturated carbocycles. The summed E-state index contributed by atoms with van der Waals surface area (Å²) in [7, 11) is 1.57. The molecule has 3 amide bonds. The number of hydrogen-bond acceptors (Lipinski definition) is 7. The van der Waals surface area contributed by atoms with E-state index in [1.807, 2.05) is 31.2 Å². The minimum atomic E-state index is -0.446. The Bertz CT molecular complexity index is 1210. The second-order valence-electron chi connectivity index (χ2n) is 8.33. The summed E-state index contributed by atoms with van der Waals surface area (Å²) in [6.07, 6.45) is 1.44. The highest BCUT2D eigenvalue weighted by Gasteiger charge is 2.31. The fourth-order valence-corrected chi connectivity index (χ4v) is 4.61. The minimum Gasteiger partial charge on any atom is -0.497 e. The molecule has 2 heterocycles. The zero-order valence-corrected chi connectivity index (χ0v) is 20.4. The molecule has 1 atom stereocenters. The van der Waals surface area contributed by atoms with Crippen LogP contribution in [0.2, 0.25) is 0 Å². The molecule has 3 aromatic rings. The number of amides is 3. The SMILES string of the molecule is COc1ccc(NC(=O)c2nnc(C(=O)N3CCC[C@@H](C(=O)NCc4ccccc4C)C3)s2)cc1. The number of piperidine rings is 1. The van der Waals surface area contributed by atoms with Crippen LogP contribution in [0.1, 0.15) is 43.6 Å². The lowest BCUT2D eigenvalue weighted by Crippen LogP contribution is -2.45. The number of anilines is 1. The molecule has 1 fully saturated rings. The van der Waals surface area contributed by atoms with Gasteiger partial charge in [-0.05, 0) is 55.2 Å². The number of aryl methyl sites for hydroxylation is 1. The largest absolute Gasteiger partial charge is 0.497 e. The normalized spacial score (nSPS) is 15.4. The zero-order chi connectivity index (χ0) is 24.8. The number of hydrogen-bond donors (Lipinski definition) is 2. The van der Waals surface area contributed by atoms with Gasteiger partial charge < -0.3 is 20.3 Å². The standard InChI is InChI=1S/C25H27N5O4S/c1-16-6-3-4-7-17(16)14-26-21(31)18-8-5-13-30(15-18)25(33)24-29-28-23(35-24)22(32)27-19-9-11-20(34-2)12-10-19/h3-4,6-7,9-12,18H,5,8,13-15H2,1-2H3,(H,26,31)(H,27,32)/t18-/m1/s1. The van der Waals surface area contributed by atoms with Crippen molar-refractivity contribution in [2.24, 2.45) is 5.92 Å². The van der Waals surface area contributed by atoms with Crippen LogP contribution in [-0.4, -0.2) is 53.0 Å². The van der Waals surface area contributed by atoms with Crippen LogP contribution in [0.25, 0.3) is 0 Å². The highest BCUT2D eigenvalue weighted by Crippen LogP contribution is 2.22. The first-order valence-corrected chi connectivity index (χ1v) is 12.2. The molecular weight excluding hydrogens is 466 g/mol. The van der Waals surface area contributed by atoms with Gasteiger partial charge in [-0.25, -0.2) is 0 Å². The number of nitrogens with one attached hydrogen (secondary N) is 2. The average molecular weight is 494 g/mol. The molecule has 9 nitrogen and oxygen atoms in total. The number of ether oxygens (including phenoxy) is 1. The van der Waals surface area contributed by atoms with Gasteiger partial charge in [0.1, 0.15) is 5.75 Å². The van der Waals surface area contributed by atoms with E-state index in [1.165, 1.54) is 0 Å². The van der Waals surface area contributed by atoms with E-state index >= 15 is 0 Å². The number of rotatable bonds is 7. The number of aromatic nitrogens is 2. The average Bonchev–Trinajstić information content (AvgIpc) is 3.39. The summed E-state index contributed by atoms with van der Waals surface area (Å²) >= 11 is 0.938. The van der Waals surface area contributed by atoms with E-state index in [0.29, 0.717) is 31.1 Å². The molecule has 35 heavy (non-hydrogen) atoms. The lowest BCUT2D eigenvalue weighted by Gasteiger charge is -2.31. The first kappa shape index (κ1) is 24.3. The van der Waals surface area contributed by atoms with E-state index in [-0.39, 0.29) is 27.7 Å². The Hall–Kier alpha value is -3.79. The van der Waals surface area contributed by atoms with Gasteiger partial charge in [0.2, 0.25) is 15.9 Å². The lowest BCUT2D eigenvalue weighted by atomic mass is 9.97. The summed E-state index contributed by atoms with van der Waals surface area (Å²) < 4.78 is 5.11. The molecule has 2 aromatic carbocycles. The van der Waals surface area contributed by atoms with Gasteiger partial charge in [0.15, 0.2) is 0 Å². The van der Waals surface area contributed by atoms with Crippen LogP contribution in [0, 0.1) is 12.8 Å². The Balaban J connectivity index is 1.33. The molecule has 0 aliphatic carbocycles. The molecule has 0 bridgehead atoms. The number of carbonyl (C=O) groups is 3. The Labute approximate surface area is 207 Å². The highest BCUT2D eigenvalue weighted by molar-refractivity contribution is 7.15. The number of likely N-dealkylation sites (tertiary alicyclic amines) is 1. The Kier molecular flexibility index (Phi) is 7.71. The van der Waals surface area contributed by atoms with Gasteiger partial charge in [0.05, 0.1) is 13.0 Å². The van der Waals surface area contributed by atoms with Crippen LogP contribution in [0.3, 0.4) is 0 Å². The van der Waals surface area contributed by atoms with Gasteiger partial charge in [0, 0.05) is 25.3 Å². The van der Waals surface area contributed by atoms with Gasteiger partial charge in [-0.1, -0.05) is 35.6 Å². The maximum atomic E-state index is 13.0. The minimum absolute atomic E-state index is 0.0671. The Morgan fingerprint density at radius 3 is 2.57 bits per heavy atom. The van der Waals surface area contributed by atoms with Crippen molar-refractivity contribution in [3.05, 3.63) is 69.7 Å². The quantitative estimate of drug-likeness (QED) is 0.522. The van der Waals surface area contributed by atoms with Gasteiger partial charge >= 0.3 is 0 Å². The van der Waals surface area contributed by atoms with Crippen LogP contribution >= 0.6 is 11.3 Å². The number of carbonyl (C=O) groups excluding carboxylic acids is 3. The topological polar surface area (TPSA) is 114 Å². The summed E-state index contributed by atoms with van der Waals surface area (Å²) in [5, 5.41) is 13.8. The van der Waals surface area contributed by atoms with Crippen LogP contribution in [0.5, 0.6) is 5.75 Å². The summed E-state index contributed by atoms with van der Waals surface area (Å²) in [5.74, 6) is -0.443. The molecule has 1 aliphatic rings. The maximum Gasteiger partial charge on any atom is 0.286 e. The molecule has 0 radical (unpaired) electrons. The molecule has 10 heteroatoms. The first-order valence-electron chi connectivity index (χ1n) is 11.3. The second-order valence-corrected chi connectivity index (χ2v) is 9.31. The van der Waals surface area contributed by atoms with Gasteiger partial charge in [-0.15, -0.1) is 10.2 Å². The van der Waals surface area contributed by atoms with Crippen LogP contribution < -0.4 is 15.4 Å². The van der Waals surface area contributed by atoms with Gasteiger partial charge in [-0.2, -0.15) is 0 Å².